The number of carbonyl (C=O) groups excluding carboxylic acids is 2. The highest BCUT2D eigenvalue weighted by Gasteiger charge is 2.35. The summed E-state index contributed by atoms with van der Waals surface area (Å²) >= 11 is 0. The van der Waals surface area contributed by atoms with E-state index in [1.165, 1.54) is 6.92 Å². The van der Waals surface area contributed by atoms with Crippen LogP contribution in [-0.4, -0.2) is 35.7 Å². The molecule has 1 amide bonds. The lowest BCUT2D eigenvalue weighted by Crippen LogP contribution is -2.60. The molecule has 0 saturated heterocycles. The first-order valence-electron chi connectivity index (χ1n) is 5.69. The molecule has 0 aromatic carbocycles. The van der Waals surface area contributed by atoms with Crippen LogP contribution >= 0.6 is 0 Å². The van der Waals surface area contributed by atoms with E-state index in [0.717, 1.165) is 0 Å². The second-order valence-electron chi connectivity index (χ2n) is 4.01. The Morgan fingerprint density at radius 3 is 2.06 bits per heavy atom. The monoisotopic (exact) mass is 242 g/mol. The zero-order valence-corrected chi connectivity index (χ0v) is 11.3. The number of nitrogens with zero attached hydrogens (tertiary/aromatic N) is 1. The minimum atomic E-state index is -1.13. The average molecular weight is 242 g/mol. The van der Waals surface area contributed by atoms with Crippen LogP contribution in [-0.2, 0) is 14.3 Å². The molecule has 98 valence electrons. The van der Waals surface area contributed by atoms with Gasteiger partial charge in [-0.1, -0.05) is 20.4 Å². The summed E-state index contributed by atoms with van der Waals surface area (Å²) in [5, 5.41) is 2.65. The van der Waals surface area contributed by atoms with Gasteiger partial charge in [0.05, 0.1) is 0 Å². The van der Waals surface area contributed by atoms with Gasteiger partial charge in [0, 0.05) is 32.5 Å². The van der Waals surface area contributed by atoms with E-state index < -0.39 is 11.8 Å². The summed E-state index contributed by atoms with van der Waals surface area (Å²) in [7, 11) is 0. The maximum atomic E-state index is 11.6. The zero-order valence-electron chi connectivity index (χ0n) is 11.3. The van der Waals surface area contributed by atoms with Crippen molar-refractivity contribution >= 4 is 11.9 Å². The molecule has 1 atom stereocenters. The smallest absolute Gasteiger partial charge is 0.336 e. The number of hydrogen-bond acceptors (Lipinski definition) is 4. The number of esters is 1. The summed E-state index contributed by atoms with van der Waals surface area (Å²) in [6, 6.07) is 0. The van der Waals surface area contributed by atoms with Crippen molar-refractivity contribution in [2.75, 3.05) is 13.1 Å². The Morgan fingerprint density at radius 1 is 1.29 bits per heavy atom. The third-order valence-corrected chi connectivity index (χ3v) is 2.41. The topological polar surface area (TPSA) is 58.6 Å². The first kappa shape index (κ1) is 15.6. The molecule has 0 aliphatic carbocycles. The van der Waals surface area contributed by atoms with Gasteiger partial charge in [-0.3, -0.25) is 4.79 Å². The Morgan fingerprint density at radius 2 is 1.76 bits per heavy atom. The number of nitrogens with one attached hydrogen (secondary N) is 1. The SMILES string of the molecule is C=C(C)C(=O)OC(C)(NC(C)=O)N(CC)CC. The fourth-order valence-corrected chi connectivity index (χ4v) is 1.59. The minimum Gasteiger partial charge on any atom is -0.422 e. The van der Waals surface area contributed by atoms with E-state index in [-0.39, 0.29) is 5.91 Å². The van der Waals surface area contributed by atoms with Gasteiger partial charge in [0.15, 0.2) is 0 Å². The van der Waals surface area contributed by atoms with Crippen molar-refractivity contribution in [2.45, 2.75) is 40.5 Å². The van der Waals surface area contributed by atoms with Crippen molar-refractivity contribution in [3.8, 4) is 0 Å². The van der Waals surface area contributed by atoms with Crippen LogP contribution in [0.25, 0.3) is 0 Å². The lowest BCUT2D eigenvalue weighted by Gasteiger charge is -2.39. The fourth-order valence-electron chi connectivity index (χ4n) is 1.59. The molecule has 0 spiro atoms. The second kappa shape index (κ2) is 6.39. The number of amides is 1. The van der Waals surface area contributed by atoms with Gasteiger partial charge in [-0.05, 0) is 6.92 Å². The Hall–Kier alpha value is -1.36. The minimum absolute atomic E-state index is 0.256. The lowest BCUT2D eigenvalue weighted by molar-refractivity contribution is -0.186. The number of hydrogen-bond donors (Lipinski definition) is 1. The molecular formula is C12H22N2O3. The van der Waals surface area contributed by atoms with Crippen LogP contribution < -0.4 is 5.32 Å². The highest BCUT2D eigenvalue weighted by atomic mass is 16.6. The molecule has 0 aromatic heterocycles. The maximum absolute atomic E-state index is 11.6. The Labute approximate surface area is 103 Å². The molecule has 0 radical (unpaired) electrons. The first-order valence-corrected chi connectivity index (χ1v) is 5.69. The van der Waals surface area contributed by atoms with Crippen molar-refractivity contribution in [1.29, 1.82) is 0 Å². The molecule has 0 aliphatic rings. The fraction of sp³-hybridized carbons (Fsp3) is 0.667. The predicted molar refractivity (Wildman–Crippen MR) is 66.0 cm³/mol. The van der Waals surface area contributed by atoms with Gasteiger partial charge in [0.1, 0.15) is 0 Å². The van der Waals surface area contributed by atoms with Crippen LogP contribution in [0.4, 0.5) is 0 Å². The molecule has 1 unspecified atom stereocenters. The molecule has 0 aliphatic heterocycles. The van der Waals surface area contributed by atoms with Crippen LogP contribution in [0, 0.1) is 0 Å². The largest absolute Gasteiger partial charge is 0.422 e. The second-order valence-corrected chi connectivity index (χ2v) is 4.01. The van der Waals surface area contributed by atoms with Crippen LogP contribution in [0.15, 0.2) is 12.2 Å². The molecular weight excluding hydrogens is 220 g/mol. The van der Waals surface area contributed by atoms with Gasteiger partial charge in [0.25, 0.3) is 0 Å². The van der Waals surface area contributed by atoms with E-state index in [2.05, 4.69) is 11.9 Å². The molecule has 0 bridgehead atoms. The van der Waals surface area contributed by atoms with Crippen LogP contribution in [0.1, 0.15) is 34.6 Å². The Bertz CT molecular complexity index is 311. The first-order chi connectivity index (χ1) is 7.76. The Balaban J connectivity index is 5.01. The predicted octanol–water partition coefficient (Wildman–Crippen LogP) is 1.26. The van der Waals surface area contributed by atoms with Crippen molar-refractivity contribution in [3.05, 3.63) is 12.2 Å². The van der Waals surface area contributed by atoms with Gasteiger partial charge < -0.3 is 10.1 Å². The summed E-state index contributed by atoms with van der Waals surface area (Å²) < 4.78 is 5.31. The maximum Gasteiger partial charge on any atom is 0.336 e. The van der Waals surface area contributed by atoms with E-state index in [9.17, 15) is 9.59 Å². The molecule has 0 heterocycles. The third-order valence-electron chi connectivity index (χ3n) is 2.41. The molecule has 5 heteroatoms. The summed E-state index contributed by atoms with van der Waals surface area (Å²) in [4.78, 5) is 24.6. The van der Waals surface area contributed by atoms with Crippen LogP contribution in [0.5, 0.6) is 0 Å². The highest BCUT2D eigenvalue weighted by molar-refractivity contribution is 5.87. The summed E-state index contributed by atoms with van der Waals surface area (Å²) in [5.41, 5.74) is 0.300. The normalized spacial score (nSPS) is 14.0. The van der Waals surface area contributed by atoms with Crippen molar-refractivity contribution in [3.63, 3.8) is 0 Å². The van der Waals surface area contributed by atoms with Gasteiger partial charge >= 0.3 is 5.97 Å². The van der Waals surface area contributed by atoms with Crippen LogP contribution in [0.3, 0.4) is 0 Å². The molecule has 1 N–H and O–H groups in total. The van der Waals surface area contributed by atoms with E-state index in [0.29, 0.717) is 18.7 Å². The summed E-state index contributed by atoms with van der Waals surface area (Å²) in [5.74, 6) is -1.91. The number of carbonyl (C=O) groups is 2. The zero-order chi connectivity index (χ0) is 13.6. The highest BCUT2D eigenvalue weighted by Crippen LogP contribution is 2.15. The summed E-state index contributed by atoms with van der Waals surface area (Å²) in [6.07, 6.45) is 0. The number of ether oxygens (including phenoxy) is 1. The standard InChI is InChI=1S/C12H22N2O3/c1-7-14(8-2)12(6,13-10(5)15)17-11(16)9(3)4/h3,7-8H2,1-2,4-6H3,(H,13,15). The van der Waals surface area contributed by atoms with Gasteiger partial charge in [0.2, 0.25) is 11.8 Å². The molecule has 5 nitrogen and oxygen atoms in total. The van der Waals surface area contributed by atoms with Crippen molar-refractivity contribution in [2.24, 2.45) is 0 Å². The van der Waals surface area contributed by atoms with Gasteiger partial charge in [-0.2, -0.15) is 0 Å². The Kier molecular flexibility index (Phi) is 5.88. The van der Waals surface area contributed by atoms with E-state index in [1.54, 1.807) is 13.8 Å². The van der Waals surface area contributed by atoms with Crippen molar-refractivity contribution < 1.29 is 14.3 Å². The third kappa shape index (κ3) is 4.56. The van der Waals surface area contributed by atoms with Crippen molar-refractivity contribution in [1.82, 2.24) is 10.2 Å². The van der Waals surface area contributed by atoms with E-state index in [4.69, 9.17) is 4.74 Å². The van der Waals surface area contributed by atoms with Gasteiger partial charge in [-0.25, -0.2) is 9.69 Å². The molecule has 0 aromatic rings. The van der Waals surface area contributed by atoms with E-state index >= 15 is 0 Å². The average Bonchev–Trinajstić information content (AvgIpc) is 2.17. The molecule has 17 heavy (non-hydrogen) atoms. The quantitative estimate of drug-likeness (QED) is 0.433. The van der Waals surface area contributed by atoms with Crippen LogP contribution in [0.2, 0.25) is 0 Å². The molecule has 0 rings (SSSR count). The van der Waals surface area contributed by atoms with Gasteiger partial charge in [-0.15, -0.1) is 0 Å². The van der Waals surface area contributed by atoms with E-state index in [1.807, 2.05) is 18.7 Å². The molecule has 0 saturated carbocycles. The summed E-state index contributed by atoms with van der Waals surface area (Å²) in [6.45, 7) is 13.3. The molecule has 0 fully saturated rings. The number of rotatable bonds is 6. The lowest BCUT2D eigenvalue weighted by atomic mass is 10.3.